The SMILES string of the molecule is CC(C)(C)c1csc(C2CN(c3ccc(C(N)=O)nn3)CCO2)n1. The summed E-state index contributed by atoms with van der Waals surface area (Å²) in [5.74, 6) is 0.132. The maximum Gasteiger partial charge on any atom is 0.269 e. The molecule has 2 aromatic rings. The number of hydrogen-bond donors (Lipinski definition) is 1. The number of anilines is 1. The molecule has 1 saturated heterocycles. The van der Waals surface area contributed by atoms with Crippen molar-refractivity contribution in [3.05, 3.63) is 33.9 Å². The van der Waals surface area contributed by atoms with Crippen LogP contribution in [0.1, 0.15) is 48.1 Å². The van der Waals surface area contributed by atoms with Gasteiger partial charge in [-0.05, 0) is 12.1 Å². The minimum absolute atomic E-state index is 0.0270. The van der Waals surface area contributed by atoms with Gasteiger partial charge in [-0.1, -0.05) is 20.8 Å². The third kappa shape index (κ3) is 3.54. The summed E-state index contributed by atoms with van der Waals surface area (Å²) in [6.07, 6.45) is -0.0857. The van der Waals surface area contributed by atoms with Gasteiger partial charge in [0.25, 0.3) is 5.91 Å². The third-order valence-electron chi connectivity index (χ3n) is 3.86. The summed E-state index contributed by atoms with van der Waals surface area (Å²) in [6.45, 7) is 8.41. The first-order chi connectivity index (χ1) is 11.3. The van der Waals surface area contributed by atoms with Crippen molar-refractivity contribution in [1.29, 1.82) is 0 Å². The molecule has 2 N–H and O–H groups in total. The molecule has 3 rings (SSSR count). The first-order valence-corrected chi connectivity index (χ1v) is 8.68. The van der Waals surface area contributed by atoms with Gasteiger partial charge in [-0.25, -0.2) is 4.98 Å². The number of morpholine rings is 1. The minimum Gasteiger partial charge on any atom is -0.367 e. The average molecular weight is 347 g/mol. The average Bonchev–Trinajstić information content (AvgIpc) is 3.05. The van der Waals surface area contributed by atoms with E-state index >= 15 is 0 Å². The normalized spacial score (nSPS) is 18.6. The molecule has 1 aliphatic heterocycles. The lowest BCUT2D eigenvalue weighted by Crippen LogP contribution is -2.39. The second-order valence-corrected chi connectivity index (χ2v) is 7.66. The number of primary amides is 1. The Morgan fingerprint density at radius 3 is 2.75 bits per heavy atom. The Morgan fingerprint density at radius 1 is 1.38 bits per heavy atom. The molecule has 1 amide bonds. The van der Waals surface area contributed by atoms with Crippen LogP contribution in [0.4, 0.5) is 5.82 Å². The second-order valence-electron chi connectivity index (χ2n) is 6.77. The molecule has 0 spiro atoms. The fraction of sp³-hybridized carbons (Fsp3) is 0.500. The molecule has 8 heteroatoms. The molecule has 0 bridgehead atoms. The molecule has 0 aliphatic carbocycles. The standard InChI is InChI=1S/C16H21N5O2S/c1-16(2,3)12-9-24-15(18-12)11-8-21(6-7-23-11)13-5-4-10(14(17)22)19-20-13/h4-5,9,11H,6-8H2,1-3H3,(H2,17,22). The van der Waals surface area contributed by atoms with Gasteiger partial charge < -0.3 is 15.4 Å². The van der Waals surface area contributed by atoms with Gasteiger partial charge in [0, 0.05) is 17.3 Å². The predicted octanol–water partition coefficient (Wildman–Crippen LogP) is 1.91. The molecular weight excluding hydrogens is 326 g/mol. The fourth-order valence-electron chi connectivity index (χ4n) is 2.41. The van der Waals surface area contributed by atoms with Gasteiger partial charge in [-0.2, -0.15) is 0 Å². The van der Waals surface area contributed by atoms with Crippen LogP contribution < -0.4 is 10.6 Å². The van der Waals surface area contributed by atoms with Gasteiger partial charge in [0.15, 0.2) is 11.5 Å². The Bertz CT molecular complexity index is 723. The lowest BCUT2D eigenvalue weighted by molar-refractivity contribution is 0.0391. The van der Waals surface area contributed by atoms with Crippen molar-refractivity contribution in [1.82, 2.24) is 15.2 Å². The van der Waals surface area contributed by atoms with Crippen LogP contribution >= 0.6 is 11.3 Å². The van der Waals surface area contributed by atoms with Crippen molar-refractivity contribution in [2.45, 2.75) is 32.3 Å². The highest BCUT2D eigenvalue weighted by molar-refractivity contribution is 7.09. The monoisotopic (exact) mass is 347 g/mol. The van der Waals surface area contributed by atoms with Crippen LogP contribution in [-0.2, 0) is 10.2 Å². The van der Waals surface area contributed by atoms with Gasteiger partial charge in [0.1, 0.15) is 11.1 Å². The van der Waals surface area contributed by atoms with Crippen molar-refractivity contribution in [2.75, 3.05) is 24.6 Å². The molecule has 1 fully saturated rings. The Labute approximate surface area is 144 Å². The van der Waals surface area contributed by atoms with Crippen LogP contribution in [0, 0.1) is 0 Å². The van der Waals surface area contributed by atoms with Crippen molar-refractivity contribution >= 4 is 23.1 Å². The van der Waals surface area contributed by atoms with Crippen LogP contribution in [0.15, 0.2) is 17.5 Å². The molecule has 0 aromatic carbocycles. The second kappa shape index (κ2) is 6.45. The number of rotatable bonds is 3. The summed E-state index contributed by atoms with van der Waals surface area (Å²) < 4.78 is 5.89. The van der Waals surface area contributed by atoms with Crippen LogP contribution in [0.2, 0.25) is 0 Å². The smallest absolute Gasteiger partial charge is 0.269 e. The van der Waals surface area contributed by atoms with Crippen LogP contribution in [0.25, 0.3) is 0 Å². The molecule has 7 nitrogen and oxygen atoms in total. The van der Waals surface area contributed by atoms with Gasteiger partial charge in [0.2, 0.25) is 0 Å². The number of thiazole rings is 1. The Hall–Kier alpha value is -2.06. The van der Waals surface area contributed by atoms with E-state index in [1.165, 1.54) is 0 Å². The molecule has 0 radical (unpaired) electrons. The quantitative estimate of drug-likeness (QED) is 0.911. The number of aromatic nitrogens is 3. The highest BCUT2D eigenvalue weighted by Gasteiger charge is 2.27. The number of hydrogen-bond acceptors (Lipinski definition) is 7. The Morgan fingerprint density at radius 2 is 2.17 bits per heavy atom. The van der Waals surface area contributed by atoms with E-state index in [0.29, 0.717) is 19.0 Å². The van der Waals surface area contributed by atoms with E-state index in [4.69, 9.17) is 15.5 Å². The lowest BCUT2D eigenvalue weighted by Gasteiger charge is -2.32. The largest absolute Gasteiger partial charge is 0.367 e. The van der Waals surface area contributed by atoms with Crippen molar-refractivity contribution in [2.24, 2.45) is 5.73 Å². The van der Waals surface area contributed by atoms with Gasteiger partial charge in [-0.15, -0.1) is 21.5 Å². The van der Waals surface area contributed by atoms with Crippen molar-refractivity contribution in [3.8, 4) is 0 Å². The predicted molar refractivity (Wildman–Crippen MR) is 92.3 cm³/mol. The summed E-state index contributed by atoms with van der Waals surface area (Å²) in [4.78, 5) is 17.9. The van der Waals surface area contributed by atoms with Gasteiger partial charge in [0.05, 0.1) is 18.8 Å². The van der Waals surface area contributed by atoms with E-state index in [1.807, 2.05) is 0 Å². The lowest BCUT2D eigenvalue weighted by atomic mass is 9.93. The molecular formula is C16H21N5O2S. The molecule has 1 aliphatic rings. The minimum atomic E-state index is -0.577. The Balaban J connectivity index is 1.74. The highest BCUT2D eigenvalue weighted by Crippen LogP contribution is 2.31. The zero-order valence-corrected chi connectivity index (χ0v) is 14.8. The number of amides is 1. The van der Waals surface area contributed by atoms with Crippen LogP contribution in [0.5, 0.6) is 0 Å². The number of nitrogens with two attached hydrogens (primary N) is 1. The van der Waals surface area contributed by atoms with Crippen molar-refractivity contribution < 1.29 is 9.53 Å². The highest BCUT2D eigenvalue weighted by atomic mass is 32.1. The number of nitrogens with zero attached hydrogens (tertiary/aromatic N) is 4. The summed E-state index contributed by atoms with van der Waals surface area (Å²) >= 11 is 1.63. The molecule has 0 saturated carbocycles. The van der Waals surface area contributed by atoms with E-state index in [0.717, 1.165) is 17.2 Å². The summed E-state index contributed by atoms with van der Waals surface area (Å²) in [5.41, 5.74) is 6.47. The Kier molecular flexibility index (Phi) is 4.51. The number of carbonyl (C=O) groups excluding carboxylic acids is 1. The summed E-state index contributed by atoms with van der Waals surface area (Å²) in [7, 11) is 0. The zero-order valence-electron chi connectivity index (χ0n) is 14.0. The van der Waals surface area contributed by atoms with E-state index < -0.39 is 5.91 Å². The maximum atomic E-state index is 11.1. The van der Waals surface area contributed by atoms with Gasteiger partial charge in [-0.3, -0.25) is 4.79 Å². The molecule has 2 aromatic heterocycles. The molecule has 3 heterocycles. The summed E-state index contributed by atoms with van der Waals surface area (Å²) in [6, 6.07) is 3.36. The van der Waals surface area contributed by atoms with E-state index in [9.17, 15) is 4.79 Å². The number of carbonyl (C=O) groups is 1. The van der Waals surface area contributed by atoms with Gasteiger partial charge >= 0.3 is 0 Å². The summed E-state index contributed by atoms with van der Waals surface area (Å²) in [5, 5.41) is 11.0. The maximum absolute atomic E-state index is 11.1. The fourth-order valence-corrected chi connectivity index (χ4v) is 3.50. The van der Waals surface area contributed by atoms with E-state index in [-0.39, 0.29) is 17.2 Å². The molecule has 1 unspecified atom stereocenters. The topological polar surface area (TPSA) is 94.2 Å². The first kappa shape index (κ1) is 16.8. The number of ether oxygens (including phenoxy) is 1. The van der Waals surface area contributed by atoms with E-state index in [1.54, 1.807) is 23.5 Å². The van der Waals surface area contributed by atoms with E-state index in [2.05, 4.69) is 41.2 Å². The van der Waals surface area contributed by atoms with Crippen LogP contribution in [0.3, 0.4) is 0 Å². The zero-order chi connectivity index (χ0) is 17.3. The van der Waals surface area contributed by atoms with Crippen molar-refractivity contribution in [3.63, 3.8) is 0 Å². The van der Waals surface area contributed by atoms with Crippen LogP contribution in [-0.4, -0.2) is 40.8 Å². The third-order valence-corrected chi connectivity index (χ3v) is 4.80. The first-order valence-electron chi connectivity index (χ1n) is 7.80. The molecule has 24 heavy (non-hydrogen) atoms. The molecule has 1 atom stereocenters. The molecule has 128 valence electrons.